The highest BCUT2D eigenvalue weighted by Gasteiger charge is 2.44. The van der Waals surface area contributed by atoms with Crippen molar-refractivity contribution in [1.29, 1.82) is 0 Å². The third-order valence-electron chi connectivity index (χ3n) is 4.89. The molecule has 0 aromatic carbocycles. The van der Waals surface area contributed by atoms with Gasteiger partial charge in [-0.1, -0.05) is 0 Å². The van der Waals surface area contributed by atoms with Gasteiger partial charge in [-0.3, -0.25) is 19.3 Å². The van der Waals surface area contributed by atoms with Crippen LogP contribution in [0.1, 0.15) is 19.8 Å². The van der Waals surface area contributed by atoms with E-state index in [0.29, 0.717) is 31.4 Å². The average molecular weight is 396 g/mol. The molecule has 2 atom stereocenters. The highest BCUT2D eigenvalue weighted by atomic mass is 32.1. The highest BCUT2D eigenvalue weighted by Crippen LogP contribution is 2.30. The third kappa shape index (κ3) is 4.63. The van der Waals surface area contributed by atoms with E-state index in [4.69, 9.17) is 14.6 Å². The van der Waals surface area contributed by atoms with Crippen molar-refractivity contribution >= 4 is 34.3 Å². The van der Waals surface area contributed by atoms with Crippen LogP contribution in [-0.4, -0.2) is 77.7 Å². The van der Waals surface area contributed by atoms with E-state index in [1.165, 1.54) is 11.3 Å². The maximum absolute atomic E-state index is 12.9. The summed E-state index contributed by atoms with van der Waals surface area (Å²) in [5.41, 5.74) is -0.231. The number of ether oxygens (including phenoxy) is 1. The van der Waals surface area contributed by atoms with Crippen LogP contribution in [0.25, 0.3) is 0 Å². The lowest BCUT2D eigenvalue weighted by Crippen LogP contribution is -2.56. The van der Waals surface area contributed by atoms with E-state index < -0.39 is 5.97 Å². The molecular weight excluding hydrogens is 372 g/mol. The van der Waals surface area contributed by atoms with Crippen molar-refractivity contribution in [3.63, 3.8) is 0 Å². The average Bonchev–Trinajstić information content (AvgIpc) is 3.35. The van der Waals surface area contributed by atoms with Crippen molar-refractivity contribution in [2.45, 2.75) is 25.4 Å². The molecular formula is C17H24N4O5S. The second-order valence-electron chi connectivity index (χ2n) is 6.96. The molecule has 3 saturated heterocycles. The SMILES string of the molecule is CC(=O)O.O=C(C1CC(=O)N(c2nccs2)C1)N1CCOC2(CCNC2)C1. The number of carboxylic acids is 1. The molecule has 9 nitrogen and oxygen atoms in total. The van der Waals surface area contributed by atoms with Crippen molar-refractivity contribution in [2.24, 2.45) is 5.92 Å². The molecule has 2 amide bonds. The van der Waals surface area contributed by atoms with Crippen molar-refractivity contribution in [1.82, 2.24) is 15.2 Å². The molecule has 0 bridgehead atoms. The molecule has 1 aromatic heterocycles. The summed E-state index contributed by atoms with van der Waals surface area (Å²) in [5, 5.41) is 13.3. The second kappa shape index (κ2) is 8.32. The van der Waals surface area contributed by atoms with E-state index in [0.717, 1.165) is 26.4 Å². The van der Waals surface area contributed by atoms with E-state index in [-0.39, 0.29) is 29.8 Å². The van der Waals surface area contributed by atoms with Crippen LogP contribution in [0.15, 0.2) is 11.6 Å². The molecule has 1 aromatic rings. The number of nitrogens with one attached hydrogen (secondary N) is 1. The van der Waals surface area contributed by atoms with E-state index >= 15 is 0 Å². The van der Waals surface area contributed by atoms with Crippen LogP contribution < -0.4 is 10.2 Å². The minimum absolute atomic E-state index is 0.0104. The number of morpholine rings is 1. The van der Waals surface area contributed by atoms with Crippen molar-refractivity contribution in [3.8, 4) is 0 Å². The summed E-state index contributed by atoms with van der Waals surface area (Å²) in [6.45, 7) is 5.06. The zero-order chi connectivity index (χ0) is 19.4. The fourth-order valence-corrected chi connectivity index (χ4v) is 4.35. The number of nitrogens with zero attached hydrogens (tertiary/aromatic N) is 3. The van der Waals surface area contributed by atoms with Gasteiger partial charge in [0.1, 0.15) is 0 Å². The Morgan fingerprint density at radius 3 is 2.89 bits per heavy atom. The van der Waals surface area contributed by atoms with Crippen LogP contribution in [0, 0.1) is 5.92 Å². The highest BCUT2D eigenvalue weighted by molar-refractivity contribution is 7.13. The van der Waals surface area contributed by atoms with Gasteiger partial charge in [0, 0.05) is 44.6 Å². The molecule has 0 radical (unpaired) electrons. The van der Waals surface area contributed by atoms with E-state index in [9.17, 15) is 9.59 Å². The Hall–Kier alpha value is -2.04. The molecule has 10 heteroatoms. The van der Waals surface area contributed by atoms with Gasteiger partial charge in [-0.2, -0.15) is 0 Å². The number of aromatic nitrogens is 1. The van der Waals surface area contributed by atoms with Crippen molar-refractivity contribution in [2.75, 3.05) is 44.2 Å². The van der Waals surface area contributed by atoms with Gasteiger partial charge in [0.05, 0.1) is 24.7 Å². The lowest BCUT2D eigenvalue weighted by Gasteiger charge is -2.40. The molecule has 2 N–H and O–H groups in total. The van der Waals surface area contributed by atoms with Gasteiger partial charge in [-0.15, -0.1) is 11.3 Å². The zero-order valence-corrected chi connectivity index (χ0v) is 16.0. The molecule has 3 aliphatic heterocycles. The van der Waals surface area contributed by atoms with Crippen LogP contribution in [0.5, 0.6) is 0 Å². The number of carbonyl (C=O) groups is 3. The van der Waals surface area contributed by atoms with Gasteiger partial charge in [-0.25, -0.2) is 4.98 Å². The van der Waals surface area contributed by atoms with Gasteiger partial charge in [-0.05, 0) is 13.0 Å². The summed E-state index contributed by atoms with van der Waals surface area (Å²) in [6.07, 6.45) is 2.90. The van der Waals surface area contributed by atoms with Gasteiger partial charge in [0.25, 0.3) is 5.97 Å². The molecule has 1 spiro atoms. The summed E-state index contributed by atoms with van der Waals surface area (Å²) in [7, 11) is 0. The molecule has 2 unspecified atom stereocenters. The summed E-state index contributed by atoms with van der Waals surface area (Å²) < 4.78 is 5.93. The first-order valence-corrected chi connectivity index (χ1v) is 9.81. The first-order chi connectivity index (χ1) is 12.9. The minimum atomic E-state index is -0.833. The van der Waals surface area contributed by atoms with E-state index in [1.807, 2.05) is 10.3 Å². The van der Waals surface area contributed by atoms with Crippen molar-refractivity contribution in [3.05, 3.63) is 11.6 Å². The van der Waals surface area contributed by atoms with E-state index in [2.05, 4.69) is 10.3 Å². The Balaban J connectivity index is 0.000000481. The molecule has 3 aliphatic rings. The number of aliphatic carboxylic acids is 1. The zero-order valence-electron chi connectivity index (χ0n) is 15.2. The number of thiazole rings is 1. The number of carboxylic acid groups (broad SMARTS) is 1. The number of hydrogen-bond donors (Lipinski definition) is 2. The molecule has 27 heavy (non-hydrogen) atoms. The predicted octanol–water partition coefficient (Wildman–Crippen LogP) is 0.178. The molecule has 148 valence electrons. The summed E-state index contributed by atoms with van der Waals surface area (Å²) in [6, 6.07) is 0. The molecule has 4 rings (SSSR count). The van der Waals surface area contributed by atoms with Crippen LogP contribution in [0.4, 0.5) is 5.13 Å². The van der Waals surface area contributed by atoms with Gasteiger partial charge >= 0.3 is 0 Å². The molecule has 0 aliphatic carbocycles. The Bertz CT molecular complexity index is 686. The largest absolute Gasteiger partial charge is 0.481 e. The number of amides is 2. The normalized spacial score (nSPS) is 27.6. The Kier molecular flexibility index (Phi) is 6.08. The van der Waals surface area contributed by atoms with Crippen LogP contribution in [0.3, 0.4) is 0 Å². The van der Waals surface area contributed by atoms with Crippen LogP contribution in [-0.2, 0) is 19.1 Å². The maximum Gasteiger partial charge on any atom is 0.300 e. The van der Waals surface area contributed by atoms with Crippen LogP contribution in [0.2, 0.25) is 0 Å². The maximum atomic E-state index is 12.9. The summed E-state index contributed by atoms with van der Waals surface area (Å²) in [5.74, 6) is -1.04. The molecule has 0 saturated carbocycles. The lowest BCUT2D eigenvalue weighted by atomic mass is 9.98. The molecule has 4 heterocycles. The van der Waals surface area contributed by atoms with Crippen LogP contribution >= 0.6 is 11.3 Å². The van der Waals surface area contributed by atoms with Gasteiger partial charge in [0.2, 0.25) is 11.8 Å². The Morgan fingerprint density at radius 1 is 1.48 bits per heavy atom. The minimum Gasteiger partial charge on any atom is -0.481 e. The standard InChI is InChI=1S/C15H20N4O3S.C2H4O2/c20-12-7-11(8-19(12)14-17-3-6-23-14)13(21)18-4-5-22-15(10-18)1-2-16-9-15;1-2(3)4/h3,6,11,16H,1-2,4-5,7-10H2;1H3,(H,3,4). The number of hydrogen-bond acceptors (Lipinski definition) is 7. The lowest BCUT2D eigenvalue weighted by molar-refractivity contribution is -0.151. The Morgan fingerprint density at radius 2 is 2.26 bits per heavy atom. The molecule has 3 fully saturated rings. The summed E-state index contributed by atoms with van der Waals surface area (Å²) in [4.78, 5) is 41.8. The quantitative estimate of drug-likeness (QED) is 0.733. The monoisotopic (exact) mass is 396 g/mol. The van der Waals surface area contributed by atoms with Gasteiger partial charge in [0.15, 0.2) is 5.13 Å². The topological polar surface area (TPSA) is 112 Å². The fraction of sp³-hybridized carbons (Fsp3) is 0.647. The predicted molar refractivity (Wildman–Crippen MR) is 98.6 cm³/mol. The Labute approximate surface area is 161 Å². The second-order valence-corrected chi connectivity index (χ2v) is 7.83. The summed E-state index contributed by atoms with van der Waals surface area (Å²) >= 11 is 1.43. The number of anilines is 1. The smallest absolute Gasteiger partial charge is 0.300 e. The first kappa shape index (κ1) is 19.7. The number of rotatable bonds is 2. The first-order valence-electron chi connectivity index (χ1n) is 8.93. The third-order valence-corrected chi connectivity index (χ3v) is 5.68. The van der Waals surface area contributed by atoms with Gasteiger partial charge < -0.3 is 20.1 Å². The fourth-order valence-electron chi connectivity index (χ4n) is 3.68. The van der Waals surface area contributed by atoms with E-state index in [1.54, 1.807) is 11.1 Å². The number of carbonyl (C=O) groups excluding carboxylic acids is 2. The van der Waals surface area contributed by atoms with Crippen molar-refractivity contribution < 1.29 is 24.2 Å².